The van der Waals surface area contributed by atoms with E-state index < -0.39 is 5.97 Å². The molecule has 1 aliphatic rings. The number of piperidine rings is 1. The molecule has 0 spiro atoms. The van der Waals surface area contributed by atoms with E-state index in [2.05, 4.69) is 5.32 Å². The first kappa shape index (κ1) is 15.3. The van der Waals surface area contributed by atoms with Gasteiger partial charge in [-0.15, -0.1) is 0 Å². The minimum Gasteiger partial charge on any atom is -0.481 e. The van der Waals surface area contributed by atoms with Gasteiger partial charge in [0.2, 0.25) is 0 Å². The van der Waals surface area contributed by atoms with Crippen LogP contribution in [0.1, 0.15) is 18.4 Å². The van der Waals surface area contributed by atoms with Crippen molar-refractivity contribution < 1.29 is 19.8 Å². The molecule has 1 aromatic carbocycles. The van der Waals surface area contributed by atoms with E-state index in [0.29, 0.717) is 24.3 Å². The maximum atomic E-state index is 12.1. The molecule has 6 heteroatoms. The van der Waals surface area contributed by atoms with Crippen LogP contribution in [0.3, 0.4) is 0 Å². The first-order valence-corrected chi connectivity index (χ1v) is 7.06. The van der Waals surface area contributed by atoms with E-state index in [1.807, 2.05) is 0 Å². The highest BCUT2D eigenvalue weighted by atomic mass is 16.4. The summed E-state index contributed by atoms with van der Waals surface area (Å²) < 4.78 is 0. The van der Waals surface area contributed by atoms with Gasteiger partial charge in [-0.3, -0.25) is 4.79 Å². The van der Waals surface area contributed by atoms with Gasteiger partial charge in [-0.1, -0.05) is 12.1 Å². The number of carboxylic acid groups (broad SMARTS) is 1. The molecule has 1 unspecified atom stereocenters. The van der Waals surface area contributed by atoms with Gasteiger partial charge >= 0.3 is 12.0 Å². The molecule has 0 aliphatic carbocycles. The van der Waals surface area contributed by atoms with Crippen molar-refractivity contribution in [3.63, 3.8) is 0 Å². The van der Waals surface area contributed by atoms with Gasteiger partial charge < -0.3 is 20.4 Å². The van der Waals surface area contributed by atoms with Crippen molar-refractivity contribution in [2.75, 3.05) is 25.0 Å². The number of carbonyl (C=O) groups is 2. The molecule has 0 saturated carbocycles. The summed E-state index contributed by atoms with van der Waals surface area (Å²) in [5.74, 6) is -0.724. The Labute approximate surface area is 123 Å². The minimum atomic E-state index is -0.879. The number of nitrogens with one attached hydrogen (secondary N) is 1. The van der Waals surface area contributed by atoms with E-state index in [-0.39, 0.29) is 25.0 Å². The highest BCUT2D eigenvalue weighted by molar-refractivity contribution is 5.89. The lowest BCUT2D eigenvalue weighted by atomic mass is 9.99. The van der Waals surface area contributed by atoms with Crippen LogP contribution in [-0.4, -0.2) is 46.8 Å². The summed E-state index contributed by atoms with van der Waals surface area (Å²) in [7, 11) is 0. The summed E-state index contributed by atoms with van der Waals surface area (Å²) in [5, 5.41) is 20.7. The van der Waals surface area contributed by atoms with Crippen LogP contribution >= 0.6 is 0 Å². The monoisotopic (exact) mass is 292 g/mol. The van der Waals surface area contributed by atoms with Crippen molar-refractivity contribution in [1.29, 1.82) is 0 Å². The zero-order chi connectivity index (χ0) is 15.2. The van der Waals surface area contributed by atoms with Crippen LogP contribution in [0, 0.1) is 5.92 Å². The number of aliphatic hydroxyl groups excluding tert-OH is 1. The number of rotatable bonds is 4. The molecule has 0 radical (unpaired) electrons. The lowest BCUT2D eigenvalue weighted by molar-refractivity contribution is -0.136. The third-order valence-corrected chi connectivity index (χ3v) is 3.62. The van der Waals surface area contributed by atoms with Gasteiger partial charge in [0.05, 0.1) is 6.42 Å². The molecular formula is C15H20N2O4. The number of amides is 2. The fourth-order valence-electron chi connectivity index (χ4n) is 2.48. The lowest BCUT2D eigenvalue weighted by Crippen LogP contribution is -2.43. The molecule has 1 aliphatic heterocycles. The summed E-state index contributed by atoms with van der Waals surface area (Å²) in [6.45, 7) is 1.37. The van der Waals surface area contributed by atoms with Crippen molar-refractivity contribution in [3.05, 3.63) is 29.8 Å². The average Bonchev–Trinajstić information content (AvgIpc) is 2.49. The van der Waals surface area contributed by atoms with Crippen molar-refractivity contribution in [2.45, 2.75) is 19.3 Å². The zero-order valence-corrected chi connectivity index (χ0v) is 11.8. The second-order valence-corrected chi connectivity index (χ2v) is 5.33. The summed E-state index contributed by atoms with van der Waals surface area (Å²) in [6, 6.07) is 6.60. The fraction of sp³-hybridized carbons (Fsp3) is 0.467. The van der Waals surface area contributed by atoms with E-state index in [4.69, 9.17) is 5.11 Å². The number of benzene rings is 1. The maximum absolute atomic E-state index is 12.1. The van der Waals surface area contributed by atoms with Gasteiger partial charge in [-0.25, -0.2) is 4.79 Å². The van der Waals surface area contributed by atoms with Crippen molar-refractivity contribution in [3.8, 4) is 0 Å². The molecule has 3 N–H and O–H groups in total. The number of aliphatic hydroxyl groups is 1. The summed E-state index contributed by atoms with van der Waals surface area (Å²) in [6.07, 6.45) is 1.82. The molecular weight excluding hydrogens is 272 g/mol. The molecule has 1 atom stereocenters. The number of likely N-dealkylation sites (tertiary alicyclic amines) is 1. The van der Waals surface area contributed by atoms with E-state index in [1.54, 1.807) is 29.2 Å². The highest BCUT2D eigenvalue weighted by Crippen LogP contribution is 2.17. The number of aliphatic carboxylic acids is 1. The SMILES string of the molecule is O=C(O)Cc1ccc(NC(=O)N2CCCC(CO)C2)cc1. The highest BCUT2D eigenvalue weighted by Gasteiger charge is 2.23. The molecule has 114 valence electrons. The van der Waals surface area contributed by atoms with Crippen LogP contribution in [0.4, 0.5) is 10.5 Å². The Morgan fingerprint density at radius 1 is 1.29 bits per heavy atom. The van der Waals surface area contributed by atoms with Gasteiger partial charge in [0.1, 0.15) is 0 Å². The second kappa shape index (κ2) is 7.08. The number of anilines is 1. The van der Waals surface area contributed by atoms with Crippen LogP contribution in [0.5, 0.6) is 0 Å². The zero-order valence-electron chi connectivity index (χ0n) is 11.8. The number of carboxylic acids is 1. The standard InChI is InChI=1S/C15H20N2O4/c18-10-12-2-1-7-17(9-12)15(21)16-13-5-3-11(4-6-13)8-14(19)20/h3-6,12,18H,1-2,7-10H2,(H,16,21)(H,19,20). The van der Waals surface area contributed by atoms with Crippen molar-refractivity contribution in [1.82, 2.24) is 4.90 Å². The molecule has 1 aromatic rings. The van der Waals surface area contributed by atoms with Crippen molar-refractivity contribution >= 4 is 17.7 Å². The van der Waals surface area contributed by atoms with Crippen LogP contribution < -0.4 is 5.32 Å². The summed E-state index contributed by atoms with van der Waals surface area (Å²) in [5.41, 5.74) is 1.33. The lowest BCUT2D eigenvalue weighted by Gasteiger charge is -2.31. The Kier molecular flexibility index (Phi) is 5.16. The second-order valence-electron chi connectivity index (χ2n) is 5.33. The normalized spacial score (nSPS) is 18.3. The Morgan fingerprint density at radius 3 is 2.62 bits per heavy atom. The first-order valence-electron chi connectivity index (χ1n) is 7.06. The third-order valence-electron chi connectivity index (χ3n) is 3.62. The number of nitrogens with zero attached hydrogens (tertiary/aromatic N) is 1. The number of carbonyl (C=O) groups excluding carboxylic acids is 1. The van der Waals surface area contributed by atoms with Crippen molar-refractivity contribution in [2.24, 2.45) is 5.92 Å². The van der Waals surface area contributed by atoms with E-state index in [9.17, 15) is 14.7 Å². The van der Waals surface area contributed by atoms with E-state index >= 15 is 0 Å². The van der Waals surface area contributed by atoms with Crippen LogP contribution in [0.25, 0.3) is 0 Å². The van der Waals surface area contributed by atoms with E-state index in [1.165, 1.54) is 0 Å². The summed E-state index contributed by atoms with van der Waals surface area (Å²) in [4.78, 5) is 24.4. The van der Waals surface area contributed by atoms with Crippen LogP contribution in [-0.2, 0) is 11.2 Å². The largest absolute Gasteiger partial charge is 0.481 e. The smallest absolute Gasteiger partial charge is 0.321 e. The fourth-order valence-corrected chi connectivity index (χ4v) is 2.48. The summed E-state index contributed by atoms with van der Waals surface area (Å²) >= 11 is 0. The predicted molar refractivity (Wildman–Crippen MR) is 78.2 cm³/mol. The quantitative estimate of drug-likeness (QED) is 0.785. The predicted octanol–water partition coefficient (Wildman–Crippen LogP) is 1.55. The Bertz CT molecular complexity index is 501. The Morgan fingerprint density at radius 2 is 2.00 bits per heavy atom. The number of hydrogen-bond acceptors (Lipinski definition) is 3. The molecule has 0 aromatic heterocycles. The van der Waals surface area contributed by atoms with Crippen LogP contribution in [0.15, 0.2) is 24.3 Å². The topological polar surface area (TPSA) is 89.9 Å². The van der Waals surface area contributed by atoms with Gasteiger partial charge in [-0.05, 0) is 36.5 Å². The molecule has 1 heterocycles. The van der Waals surface area contributed by atoms with Crippen LogP contribution in [0.2, 0.25) is 0 Å². The molecule has 2 amide bonds. The molecule has 1 fully saturated rings. The molecule has 21 heavy (non-hydrogen) atoms. The number of hydrogen-bond donors (Lipinski definition) is 3. The molecule has 0 bridgehead atoms. The maximum Gasteiger partial charge on any atom is 0.321 e. The molecule has 1 saturated heterocycles. The first-order chi connectivity index (χ1) is 10.1. The Balaban J connectivity index is 1.91. The molecule has 2 rings (SSSR count). The van der Waals surface area contributed by atoms with Gasteiger partial charge in [0.25, 0.3) is 0 Å². The minimum absolute atomic E-state index is 0.0292. The number of urea groups is 1. The average molecular weight is 292 g/mol. The van der Waals surface area contributed by atoms with Gasteiger partial charge in [0.15, 0.2) is 0 Å². The van der Waals surface area contributed by atoms with E-state index in [0.717, 1.165) is 12.8 Å². The molecule has 6 nitrogen and oxygen atoms in total. The van der Waals surface area contributed by atoms with Gasteiger partial charge in [0, 0.05) is 25.4 Å². The van der Waals surface area contributed by atoms with Gasteiger partial charge in [-0.2, -0.15) is 0 Å². The Hall–Kier alpha value is -2.08. The third kappa shape index (κ3) is 4.46.